The van der Waals surface area contributed by atoms with Crippen molar-refractivity contribution in [1.29, 1.82) is 0 Å². The quantitative estimate of drug-likeness (QED) is 0.590. The van der Waals surface area contributed by atoms with Crippen LogP contribution in [0.2, 0.25) is 0 Å². The van der Waals surface area contributed by atoms with Gasteiger partial charge in [-0.15, -0.1) is 11.3 Å². The lowest BCUT2D eigenvalue weighted by molar-refractivity contribution is 0.102. The molecule has 3 heterocycles. The lowest BCUT2D eigenvalue weighted by atomic mass is 10.1. The normalized spacial score (nSPS) is 10.6. The number of pyridine rings is 1. The molecule has 26 heavy (non-hydrogen) atoms. The highest BCUT2D eigenvalue weighted by Gasteiger charge is 2.10. The highest BCUT2D eigenvalue weighted by molar-refractivity contribution is 7.14. The van der Waals surface area contributed by atoms with Crippen molar-refractivity contribution in [2.75, 3.05) is 5.32 Å². The van der Waals surface area contributed by atoms with Crippen LogP contribution in [-0.4, -0.2) is 30.6 Å². The Kier molecular flexibility index (Phi) is 4.48. The van der Waals surface area contributed by atoms with Crippen molar-refractivity contribution in [2.24, 2.45) is 0 Å². The Morgan fingerprint density at radius 1 is 1.12 bits per heavy atom. The second-order valence-corrected chi connectivity index (χ2v) is 6.36. The Bertz CT molecular complexity index is 996. The number of benzene rings is 1. The summed E-state index contributed by atoms with van der Waals surface area (Å²) in [6.45, 7) is 0.613. The van der Waals surface area contributed by atoms with Crippen LogP contribution in [0.4, 0.5) is 5.13 Å². The van der Waals surface area contributed by atoms with E-state index in [4.69, 9.17) is 0 Å². The maximum absolute atomic E-state index is 12.4. The molecular weight excluding hydrogens is 348 g/mol. The van der Waals surface area contributed by atoms with Gasteiger partial charge in [-0.25, -0.2) is 14.6 Å². The standard InChI is InChI=1S/C18H14N6OS/c25-17(14-6-4-13(5-7-14)9-24-12-19-11-21-24)23-18-22-16(10-26-18)15-3-1-2-8-20-15/h1-8,10-12H,9H2,(H,22,23,25). The summed E-state index contributed by atoms with van der Waals surface area (Å²) in [5, 5.41) is 9.31. The first-order valence-electron chi connectivity index (χ1n) is 7.87. The first-order chi connectivity index (χ1) is 12.8. The van der Waals surface area contributed by atoms with Gasteiger partial charge in [-0.2, -0.15) is 5.10 Å². The second-order valence-electron chi connectivity index (χ2n) is 5.50. The monoisotopic (exact) mass is 362 g/mol. The zero-order valence-electron chi connectivity index (χ0n) is 13.6. The minimum absolute atomic E-state index is 0.195. The van der Waals surface area contributed by atoms with E-state index in [2.05, 4.69) is 25.4 Å². The molecule has 0 saturated heterocycles. The van der Waals surface area contributed by atoms with Crippen molar-refractivity contribution in [2.45, 2.75) is 6.54 Å². The van der Waals surface area contributed by atoms with Crippen LogP contribution in [0.25, 0.3) is 11.4 Å². The largest absolute Gasteiger partial charge is 0.298 e. The number of nitrogens with one attached hydrogen (secondary N) is 1. The van der Waals surface area contributed by atoms with E-state index in [1.165, 1.54) is 17.7 Å². The highest BCUT2D eigenvalue weighted by atomic mass is 32.1. The van der Waals surface area contributed by atoms with Crippen molar-refractivity contribution >= 4 is 22.4 Å². The van der Waals surface area contributed by atoms with Gasteiger partial charge in [-0.3, -0.25) is 15.1 Å². The number of anilines is 1. The van der Waals surface area contributed by atoms with E-state index in [-0.39, 0.29) is 5.91 Å². The van der Waals surface area contributed by atoms with E-state index >= 15 is 0 Å². The number of nitrogens with zero attached hydrogens (tertiary/aromatic N) is 5. The third-order valence-corrected chi connectivity index (χ3v) is 4.44. The number of carbonyl (C=O) groups excluding carboxylic acids is 1. The molecule has 3 aromatic heterocycles. The molecule has 0 saturated carbocycles. The summed E-state index contributed by atoms with van der Waals surface area (Å²) in [5.74, 6) is -0.195. The molecule has 0 spiro atoms. The number of rotatable bonds is 5. The molecule has 0 aliphatic carbocycles. The molecule has 0 atom stereocenters. The van der Waals surface area contributed by atoms with Crippen LogP contribution in [0, 0.1) is 0 Å². The fourth-order valence-corrected chi connectivity index (χ4v) is 3.09. The van der Waals surface area contributed by atoms with Gasteiger partial charge < -0.3 is 0 Å². The van der Waals surface area contributed by atoms with Crippen molar-refractivity contribution in [1.82, 2.24) is 24.7 Å². The summed E-state index contributed by atoms with van der Waals surface area (Å²) < 4.78 is 1.73. The second kappa shape index (κ2) is 7.24. The third kappa shape index (κ3) is 3.65. The number of carbonyl (C=O) groups is 1. The number of thiazole rings is 1. The predicted octanol–water partition coefficient (Wildman–Crippen LogP) is 3.10. The van der Waals surface area contributed by atoms with E-state index in [9.17, 15) is 4.79 Å². The van der Waals surface area contributed by atoms with Crippen LogP contribution >= 0.6 is 11.3 Å². The van der Waals surface area contributed by atoms with Crippen molar-refractivity contribution in [3.8, 4) is 11.4 Å². The molecule has 0 radical (unpaired) electrons. The van der Waals surface area contributed by atoms with Crippen LogP contribution in [0.3, 0.4) is 0 Å². The molecule has 0 aliphatic rings. The molecule has 7 nitrogen and oxygen atoms in total. The van der Waals surface area contributed by atoms with Gasteiger partial charge in [-0.1, -0.05) is 18.2 Å². The van der Waals surface area contributed by atoms with Gasteiger partial charge in [0.05, 0.1) is 12.2 Å². The molecule has 8 heteroatoms. The third-order valence-electron chi connectivity index (χ3n) is 3.68. The molecular formula is C18H14N6OS. The van der Waals surface area contributed by atoms with Crippen molar-refractivity contribution in [3.63, 3.8) is 0 Å². The molecule has 1 amide bonds. The molecule has 1 N–H and O–H groups in total. The molecule has 0 aliphatic heterocycles. The Balaban J connectivity index is 1.42. The average molecular weight is 362 g/mol. The lowest BCUT2D eigenvalue weighted by Gasteiger charge is -2.04. The van der Waals surface area contributed by atoms with Gasteiger partial charge in [0, 0.05) is 17.1 Å². The lowest BCUT2D eigenvalue weighted by Crippen LogP contribution is -2.11. The summed E-state index contributed by atoms with van der Waals surface area (Å²) in [7, 11) is 0. The maximum atomic E-state index is 12.4. The Morgan fingerprint density at radius 2 is 2.00 bits per heavy atom. The van der Waals surface area contributed by atoms with Gasteiger partial charge in [0.2, 0.25) is 0 Å². The van der Waals surface area contributed by atoms with Crippen LogP contribution < -0.4 is 5.32 Å². The number of aromatic nitrogens is 5. The molecule has 0 unspecified atom stereocenters. The summed E-state index contributed by atoms with van der Waals surface area (Å²) in [5.41, 5.74) is 3.14. The topological polar surface area (TPSA) is 85.6 Å². The molecule has 0 fully saturated rings. The van der Waals surface area contributed by atoms with Crippen LogP contribution in [-0.2, 0) is 6.54 Å². The summed E-state index contributed by atoms with van der Waals surface area (Å²) in [4.78, 5) is 25.0. The van der Waals surface area contributed by atoms with E-state index in [1.54, 1.807) is 29.3 Å². The van der Waals surface area contributed by atoms with Gasteiger partial charge in [0.25, 0.3) is 5.91 Å². The summed E-state index contributed by atoms with van der Waals surface area (Å²) in [6.07, 6.45) is 4.87. The molecule has 1 aromatic carbocycles. The van der Waals surface area contributed by atoms with E-state index in [0.717, 1.165) is 17.0 Å². The minimum Gasteiger partial charge on any atom is -0.298 e. The van der Waals surface area contributed by atoms with Crippen LogP contribution in [0.1, 0.15) is 15.9 Å². The van der Waals surface area contributed by atoms with E-state index < -0.39 is 0 Å². The van der Waals surface area contributed by atoms with Crippen molar-refractivity contribution < 1.29 is 4.79 Å². The minimum atomic E-state index is -0.195. The number of hydrogen-bond acceptors (Lipinski definition) is 6. The number of amides is 1. The predicted molar refractivity (Wildman–Crippen MR) is 98.9 cm³/mol. The Labute approximate surface area is 153 Å². The number of hydrogen-bond donors (Lipinski definition) is 1. The van der Waals surface area contributed by atoms with Gasteiger partial charge in [0.15, 0.2) is 5.13 Å². The first-order valence-corrected chi connectivity index (χ1v) is 8.75. The maximum Gasteiger partial charge on any atom is 0.257 e. The highest BCUT2D eigenvalue weighted by Crippen LogP contribution is 2.23. The molecule has 128 valence electrons. The molecule has 0 bridgehead atoms. The molecule has 4 aromatic rings. The summed E-state index contributed by atoms with van der Waals surface area (Å²) >= 11 is 1.37. The summed E-state index contributed by atoms with van der Waals surface area (Å²) in [6, 6.07) is 13.0. The van der Waals surface area contributed by atoms with E-state index in [1.807, 2.05) is 35.7 Å². The van der Waals surface area contributed by atoms with Crippen LogP contribution in [0.15, 0.2) is 66.7 Å². The molecule has 4 rings (SSSR count). The Morgan fingerprint density at radius 3 is 2.73 bits per heavy atom. The van der Waals surface area contributed by atoms with Gasteiger partial charge in [-0.05, 0) is 29.8 Å². The fraction of sp³-hybridized carbons (Fsp3) is 0.0556. The van der Waals surface area contributed by atoms with Crippen molar-refractivity contribution in [3.05, 3.63) is 77.8 Å². The zero-order valence-corrected chi connectivity index (χ0v) is 14.4. The SMILES string of the molecule is O=C(Nc1nc(-c2ccccn2)cs1)c1ccc(Cn2cncn2)cc1. The zero-order chi connectivity index (χ0) is 17.8. The smallest absolute Gasteiger partial charge is 0.257 e. The van der Waals surface area contributed by atoms with Crippen LogP contribution in [0.5, 0.6) is 0 Å². The van der Waals surface area contributed by atoms with Gasteiger partial charge >= 0.3 is 0 Å². The van der Waals surface area contributed by atoms with E-state index in [0.29, 0.717) is 17.2 Å². The first kappa shape index (κ1) is 16.1. The fourth-order valence-electron chi connectivity index (χ4n) is 2.40. The Hall–Kier alpha value is -3.39. The van der Waals surface area contributed by atoms with Gasteiger partial charge in [0.1, 0.15) is 18.3 Å². The average Bonchev–Trinajstić information content (AvgIpc) is 3.35.